The van der Waals surface area contributed by atoms with Gasteiger partial charge in [0.25, 0.3) is 0 Å². The first-order valence-electron chi connectivity index (χ1n) is 29.2. The van der Waals surface area contributed by atoms with Crippen molar-refractivity contribution in [3.8, 4) is 76.4 Å². The van der Waals surface area contributed by atoms with Gasteiger partial charge in [0.1, 0.15) is 20.0 Å². The number of nitrogens with zero attached hydrogens (tertiary/aromatic N) is 6. The third kappa shape index (κ3) is 8.03. The Morgan fingerprint density at radius 1 is 0.352 bits per heavy atom. The van der Waals surface area contributed by atoms with Gasteiger partial charge in [-0.2, -0.15) is 20.7 Å². The molecule has 4 aliphatic heterocycles. The zero-order valence-electron chi connectivity index (χ0n) is 46.8. The van der Waals surface area contributed by atoms with Crippen molar-refractivity contribution in [3.63, 3.8) is 0 Å². The second kappa shape index (κ2) is 21.1. The van der Waals surface area contributed by atoms with Gasteiger partial charge in [-0.25, -0.2) is 19.9 Å². The average molecular weight is 1270 g/mol. The van der Waals surface area contributed by atoms with E-state index in [1.165, 1.54) is 84.7 Å². The van der Waals surface area contributed by atoms with E-state index in [0.29, 0.717) is 10.5 Å². The predicted octanol–water partition coefficient (Wildman–Crippen LogP) is 14.1. The lowest BCUT2D eigenvalue weighted by atomic mass is 10.0. The molecule has 2 unspecified atom stereocenters. The summed E-state index contributed by atoms with van der Waals surface area (Å²) in [6, 6.07) is 83.6. The molecule has 0 aliphatic carbocycles. The van der Waals surface area contributed by atoms with Crippen molar-refractivity contribution in [3.05, 3.63) is 288 Å². The highest BCUT2D eigenvalue weighted by Crippen LogP contribution is 2.54. The fourth-order valence-corrected chi connectivity index (χ4v) is 30.2. The molecule has 18 rings (SSSR count). The molecule has 8 aromatic carbocycles. The van der Waals surface area contributed by atoms with Crippen LogP contribution in [0.15, 0.2) is 277 Å². The number of hydrogen-bond acceptors (Lipinski definition) is 10. The molecule has 88 heavy (non-hydrogen) atoms. The molecule has 0 radical (unpaired) electrons. The van der Waals surface area contributed by atoms with Crippen molar-refractivity contribution in [2.75, 3.05) is 0 Å². The summed E-state index contributed by atoms with van der Waals surface area (Å²) in [5, 5.41) is 24.0. The number of fused-ring (bicyclic) bond motifs is 7. The minimum Gasteiger partial charge on any atom is -0.305 e. The van der Waals surface area contributed by atoms with E-state index in [-0.39, 0.29) is 0 Å². The van der Waals surface area contributed by atoms with Gasteiger partial charge in [-0.1, -0.05) is 175 Å². The molecule has 6 aromatic heterocycles. The van der Waals surface area contributed by atoms with Crippen molar-refractivity contribution in [2.45, 2.75) is 10.5 Å². The highest BCUT2D eigenvalue weighted by molar-refractivity contribution is 8.14. The summed E-state index contributed by atoms with van der Waals surface area (Å²) in [6.45, 7) is 0. The topological polar surface area (TPSA) is 61.4 Å². The number of benzene rings is 8. The van der Waals surface area contributed by atoms with Crippen LogP contribution in [0.4, 0.5) is 0 Å². The van der Waals surface area contributed by atoms with E-state index < -0.39 is 16.1 Å². The second-order valence-electron chi connectivity index (χ2n) is 22.4. The lowest BCUT2D eigenvalue weighted by molar-refractivity contribution is 1.09. The molecule has 6 nitrogen and oxygen atoms in total. The summed E-state index contributed by atoms with van der Waals surface area (Å²) in [5.41, 5.74) is 14.2. The Morgan fingerprint density at radius 2 is 0.716 bits per heavy atom. The molecular formula is C74H48N6S6Si2-. The molecule has 0 N–H and O–H groups in total. The molecule has 0 bridgehead atoms. The normalized spacial score (nSPS) is 16.4. The standard InChI is InChI=1S/C74H48N6S6Si2/c1-5-13-51(14-6-1)87(52-15-7-2-8-16-52)67-29-21-47(41-55(67)57-43-49(23-31-69(57)87)79-59(71-75-33-37-81-71)25-26-60(79)72-76-34-38-82-72)63-45-65-66(85-63)46-64(86-65)48-22-30-68-56(42-48)58-44-50(80-61(73-77-35-39-83-73)27-28-62(80)74-78-36-40-84-74)24-32-70(58)88(68,53-17-9-3-10-18-53)54-19-11-4-12-20-54/h1-46,65-66H/q-1. The zero-order chi connectivity index (χ0) is 57.9. The molecule has 0 saturated heterocycles. The maximum Gasteiger partial charge on any atom is 0.180 e. The minimum atomic E-state index is -2.79. The highest BCUT2D eigenvalue weighted by Gasteiger charge is 2.49. The van der Waals surface area contributed by atoms with Crippen LogP contribution in [0.3, 0.4) is 0 Å². The monoisotopic (exact) mass is 1270 g/mol. The van der Waals surface area contributed by atoms with Crippen LogP contribution >= 0.6 is 68.9 Å². The van der Waals surface area contributed by atoms with Gasteiger partial charge in [0.15, 0.2) is 8.07 Å². The van der Waals surface area contributed by atoms with Crippen molar-refractivity contribution in [2.24, 2.45) is 0 Å². The number of thioether (sulfide) groups is 2. The number of aromatic nitrogens is 6. The largest absolute Gasteiger partial charge is 0.305 e. The summed E-state index contributed by atoms with van der Waals surface area (Å²) in [6.07, 6.45) is 12.7. The van der Waals surface area contributed by atoms with Crippen LogP contribution in [0, 0.1) is 0 Å². The Bertz CT molecular complexity index is 4540. The van der Waals surface area contributed by atoms with Gasteiger partial charge in [0.05, 0.1) is 22.8 Å². The third-order valence-electron chi connectivity index (χ3n) is 18.0. The van der Waals surface area contributed by atoms with Crippen LogP contribution in [0.1, 0.15) is 11.1 Å². The highest BCUT2D eigenvalue weighted by atomic mass is 32.2. The molecule has 10 heterocycles. The Labute approximate surface area is 535 Å². The van der Waals surface area contributed by atoms with E-state index in [1.807, 2.05) is 48.3 Å². The maximum atomic E-state index is 4.83. The minimum absolute atomic E-state index is 0.295. The molecule has 0 spiro atoms. The van der Waals surface area contributed by atoms with Crippen molar-refractivity contribution >= 4 is 136 Å². The molecule has 4 aliphatic rings. The van der Waals surface area contributed by atoms with E-state index in [9.17, 15) is 0 Å². The molecule has 14 heteroatoms. The van der Waals surface area contributed by atoms with Gasteiger partial charge in [-0.15, -0.1) is 68.9 Å². The van der Waals surface area contributed by atoms with Gasteiger partial charge in [-0.3, -0.25) is 0 Å². The average Bonchev–Trinajstić information content (AvgIpc) is 1.95. The number of rotatable bonds is 12. The molecule has 14 aromatic rings. The summed E-state index contributed by atoms with van der Waals surface area (Å²) >= 11 is 10.7. The van der Waals surface area contributed by atoms with Crippen LogP contribution < -0.4 is 41.5 Å². The third-order valence-corrected chi connectivity index (χ3v) is 33.8. The van der Waals surface area contributed by atoms with Crippen LogP contribution in [-0.4, -0.2) is 55.7 Å². The first-order valence-corrected chi connectivity index (χ1v) is 38.5. The summed E-state index contributed by atoms with van der Waals surface area (Å²) in [4.78, 5) is 22.0. The van der Waals surface area contributed by atoms with Crippen molar-refractivity contribution in [1.29, 1.82) is 0 Å². The summed E-state index contributed by atoms with van der Waals surface area (Å²) in [5.74, 6) is 0. The fraction of sp³-hybridized carbons (Fsp3) is 0.0270. The lowest BCUT2D eigenvalue weighted by Crippen LogP contribution is -2.72. The smallest absolute Gasteiger partial charge is 0.180 e. The lowest BCUT2D eigenvalue weighted by Gasteiger charge is -2.44. The Kier molecular flexibility index (Phi) is 12.6. The second-order valence-corrected chi connectivity index (χ2v) is 35.9. The Hall–Kier alpha value is -8.55. The summed E-state index contributed by atoms with van der Waals surface area (Å²) in [7, 11) is -5.59. The SMILES string of the molecule is C1=C(c2ccc3c(c2)-c2cc(-n4c(-c5nccs5)ccc4-c4nccs4)ccc2[Si]3(c2ccccc2)c2ccccc2)SC2C=C(c3ccc4c(c3)-c3cc(-n5c(-c6nccs6)ccc5-c5nccs5)ccc3[Si-]4(c3ccccc3)c3ccccc3)SC12. The molecule has 0 fully saturated rings. The van der Waals surface area contributed by atoms with Crippen LogP contribution in [0.2, 0.25) is 0 Å². The van der Waals surface area contributed by atoms with Crippen LogP contribution in [0.5, 0.6) is 0 Å². The summed E-state index contributed by atoms with van der Waals surface area (Å²) < 4.78 is 4.74. The predicted molar refractivity (Wildman–Crippen MR) is 380 cm³/mol. The van der Waals surface area contributed by atoms with Crippen LogP contribution in [-0.2, 0) is 0 Å². The molecule has 0 saturated carbocycles. The quantitative estimate of drug-likeness (QED) is 0.114. The van der Waals surface area contributed by atoms with E-state index in [2.05, 4.69) is 261 Å². The molecule has 419 valence electrons. The van der Waals surface area contributed by atoms with Crippen molar-refractivity contribution in [1.82, 2.24) is 29.1 Å². The Morgan fingerprint density at radius 3 is 1.16 bits per heavy atom. The van der Waals surface area contributed by atoms with E-state index in [0.717, 1.165) is 54.2 Å². The Balaban J connectivity index is 0.742. The van der Waals surface area contributed by atoms with Gasteiger partial charge in [-0.05, 0) is 117 Å². The van der Waals surface area contributed by atoms with Gasteiger partial charge in [0, 0.05) is 78.0 Å². The van der Waals surface area contributed by atoms with Gasteiger partial charge >= 0.3 is 0 Å². The number of thiazole rings is 4. The van der Waals surface area contributed by atoms with Gasteiger partial charge in [0.2, 0.25) is 0 Å². The molecule has 0 amide bonds. The number of hydrogen-bond donors (Lipinski definition) is 0. The zero-order valence-corrected chi connectivity index (χ0v) is 53.7. The first-order chi connectivity index (χ1) is 43.6. The fourth-order valence-electron chi connectivity index (χ4n) is 14.4. The van der Waals surface area contributed by atoms with Gasteiger partial charge < -0.3 is 9.13 Å². The van der Waals surface area contributed by atoms with Crippen molar-refractivity contribution < 1.29 is 0 Å². The van der Waals surface area contributed by atoms with E-state index in [1.54, 1.807) is 45.3 Å². The van der Waals surface area contributed by atoms with Crippen LogP contribution in [0.25, 0.3) is 86.2 Å². The van der Waals surface area contributed by atoms with E-state index in [4.69, 9.17) is 19.9 Å². The maximum absolute atomic E-state index is 4.83. The van der Waals surface area contributed by atoms with E-state index >= 15 is 0 Å². The molecular weight excluding hydrogens is 1220 g/mol. The molecule has 2 atom stereocenters. The first kappa shape index (κ1) is 52.6.